The Labute approximate surface area is 177 Å². The van der Waals surface area contributed by atoms with Crippen LogP contribution in [0.2, 0.25) is 5.02 Å². The summed E-state index contributed by atoms with van der Waals surface area (Å²) >= 11 is 5.93. The molecule has 1 N–H and O–H groups in total. The zero-order chi connectivity index (χ0) is 21.6. The summed E-state index contributed by atoms with van der Waals surface area (Å²) in [5.41, 5.74) is 1.16. The number of nitrogens with one attached hydrogen (secondary N) is 1. The zero-order valence-corrected chi connectivity index (χ0v) is 18.1. The van der Waals surface area contributed by atoms with E-state index >= 15 is 0 Å². The second kappa shape index (κ2) is 9.88. The van der Waals surface area contributed by atoms with E-state index < -0.39 is 11.6 Å². The minimum atomic E-state index is -0.626. The lowest BCUT2D eigenvalue weighted by atomic mass is 10.0. The van der Waals surface area contributed by atoms with Gasteiger partial charge >= 0.3 is 0 Å². The molecular formula is C23H28ClFN2O2. The minimum absolute atomic E-state index is 0.150. The van der Waals surface area contributed by atoms with Gasteiger partial charge in [-0.3, -0.25) is 9.59 Å². The number of carbonyl (C=O) groups excluding carboxylic acids is 2. The Morgan fingerprint density at radius 2 is 1.59 bits per heavy atom. The molecule has 0 saturated carbocycles. The molecule has 2 aromatic carbocycles. The predicted molar refractivity (Wildman–Crippen MR) is 114 cm³/mol. The Bertz CT molecular complexity index is 829. The van der Waals surface area contributed by atoms with Crippen LogP contribution in [-0.2, 0) is 22.6 Å². The molecule has 156 valence electrons. The van der Waals surface area contributed by atoms with E-state index in [1.165, 1.54) is 12.1 Å². The lowest BCUT2D eigenvalue weighted by Crippen LogP contribution is -2.53. The number of halogens is 2. The summed E-state index contributed by atoms with van der Waals surface area (Å²) < 4.78 is 13.3. The molecule has 0 aromatic heterocycles. The third-order valence-electron chi connectivity index (χ3n) is 4.42. The largest absolute Gasteiger partial charge is 0.350 e. The molecule has 0 aliphatic carbocycles. The Balaban J connectivity index is 2.29. The average Bonchev–Trinajstić information content (AvgIpc) is 2.63. The molecule has 2 aromatic rings. The molecule has 6 heteroatoms. The van der Waals surface area contributed by atoms with Gasteiger partial charge in [0.15, 0.2) is 0 Å². The van der Waals surface area contributed by atoms with E-state index in [4.69, 9.17) is 11.6 Å². The Hall–Kier alpha value is -2.40. The van der Waals surface area contributed by atoms with Gasteiger partial charge in [0.05, 0.1) is 6.42 Å². The van der Waals surface area contributed by atoms with Crippen LogP contribution in [-0.4, -0.2) is 28.3 Å². The van der Waals surface area contributed by atoms with Crippen LogP contribution in [0.15, 0.2) is 48.5 Å². The topological polar surface area (TPSA) is 49.4 Å². The molecule has 0 aliphatic heterocycles. The van der Waals surface area contributed by atoms with E-state index in [0.29, 0.717) is 11.4 Å². The van der Waals surface area contributed by atoms with Crippen LogP contribution in [0.25, 0.3) is 0 Å². The van der Waals surface area contributed by atoms with Crippen molar-refractivity contribution < 1.29 is 14.0 Å². The summed E-state index contributed by atoms with van der Waals surface area (Å²) in [5.74, 6) is -0.718. The third-order valence-corrected chi connectivity index (χ3v) is 4.67. The summed E-state index contributed by atoms with van der Waals surface area (Å²) in [6.07, 6.45) is 0.618. The SMILES string of the molecule is CCC(C(=O)NC(C)(C)C)N(Cc1ccc(F)cc1)C(=O)Cc1ccc(Cl)cc1. The van der Waals surface area contributed by atoms with Crippen LogP contribution in [0.4, 0.5) is 4.39 Å². The van der Waals surface area contributed by atoms with Crippen molar-refractivity contribution in [2.75, 3.05) is 0 Å². The van der Waals surface area contributed by atoms with E-state index in [0.717, 1.165) is 11.1 Å². The van der Waals surface area contributed by atoms with Gasteiger partial charge in [0.2, 0.25) is 11.8 Å². The van der Waals surface area contributed by atoms with Gasteiger partial charge in [-0.2, -0.15) is 0 Å². The van der Waals surface area contributed by atoms with E-state index in [1.54, 1.807) is 41.3 Å². The van der Waals surface area contributed by atoms with Gasteiger partial charge in [0.1, 0.15) is 11.9 Å². The maximum atomic E-state index is 13.3. The molecule has 0 bridgehead atoms. The number of carbonyl (C=O) groups is 2. The molecule has 29 heavy (non-hydrogen) atoms. The highest BCUT2D eigenvalue weighted by Gasteiger charge is 2.30. The fourth-order valence-electron chi connectivity index (χ4n) is 3.04. The van der Waals surface area contributed by atoms with E-state index in [-0.39, 0.29) is 30.6 Å². The van der Waals surface area contributed by atoms with Gasteiger partial charge in [-0.15, -0.1) is 0 Å². The molecule has 0 saturated heterocycles. The zero-order valence-electron chi connectivity index (χ0n) is 17.3. The van der Waals surface area contributed by atoms with E-state index in [2.05, 4.69) is 5.32 Å². The summed E-state index contributed by atoms with van der Waals surface area (Å²) in [5, 5.41) is 3.56. The quantitative estimate of drug-likeness (QED) is 0.705. The van der Waals surface area contributed by atoms with Crippen LogP contribution >= 0.6 is 11.6 Å². The molecule has 0 heterocycles. The molecule has 2 amide bonds. The molecular weight excluding hydrogens is 391 g/mol. The fourth-order valence-corrected chi connectivity index (χ4v) is 3.16. The lowest BCUT2D eigenvalue weighted by molar-refractivity contribution is -0.141. The van der Waals surface area contributed by atoms with Crippen LogP contribution in [0.5, 0.6) is 0 Å². The van der Waals surface area contributed by atoms with Gasteiger partial charge in [0, 0.05) is 17.1 Å². The molecule has 0 fully saturated rings. The molecule has 0 spiro atoms. The van der Waals surface area contributed by atoms with Gasteiger partial charge < -0.3 is 10.2 Å². The molecule has 4 nitrogen and oxygen atoms in total. The molecule has 0 aliphatic rings. The Morgan fingerprint density at radius 1 is 1.03 bits per heavy atom. The molecule has 1 atom stereocenters. The monoisotopic (exact) mass is 418 g/mol. The first-order valence-electron chi connectivity index (χ1n) is 9.69. The van der Waals surface area contributed by atoms with Gasteiger partial charge in [-0.05, 0) is 62.6 Å². The van der Waals surface area contributed by atoms with Crippen molar-refractivity contribution in [3.8, 4) is 0 Å². The molecule has 2 rings (SSSR count). The van der Waals surface area contributed by atoms with Crippen molar-refractivity contribution in [3.05, 3.63) is 70.5 Å². The van der Waals surface area contributed by atoms with Crippen molar-refractivity contribution >= 4 is 23.4 Å². The number of hydrogen-bond donors (Lipinski definition) is 1. The van der Waals surface area contributed by atoms with Gasteiger partial charge in [-0.1, -0.05) is 42.8 Å². The number of hydrogen-bond acceptors (Lipinski definition) is 2. The van der Waals surface area contributed by atoms with Crippen molar-refractivity contribution in [3.63, 3.8) is 0 Å². The normalized spacial score (nSPS) is 12.3. The maximum Gasteiger partial charge on any atom is 0.243 e. The van der Waals surface area contributed by atoms with Crippen LogP contribution in [0, 0.1) is 5.82 Å². The average molecular weight is 419 g/mol. The van der Waals surface area contributed by atoms with E-state index in [9.17, 15) is 14.0 Å². The second-order valence-corrected chi connectivity index (χ2v) is 8.55. The van der Waals surface area contributed by atoms with Crippen LogP contribution in [0.3, 0.4) is 0 Å². The highest BCUT2D eigenvalue weighted by molar-refractivity contribution is 6.30. The highest BCUT2D eigenvalue weighted by atomic mass is 35.5. The maximum absolute atomic E-state index is 13.3. The van der Waals surface area contributed by atoms with Crippen LogP contribution < -0.4 is 5.32 Å². The van der Waals surface area contributed by atoms with Gasteiger partial charge in [-0.25, -0.2) is 4.39 Å². The van der Waals surface area contributed by atoms with Crippen molar-refractivity contribution in [2.24, 2.45) is 0 Å². The smallest absolute Gasteiger partial charge is 0.243 e. The van der Waals surface area contributed by atoms with Crippen molar-refractivity contribution in [1.82, 2.24) is 10.2 Å². The highest BCUT2D eigenvalue weighted by Crippen LogP contribution is 2.17. The first kappa shape index (κ1) is 22.9. The third kappa shape index (κ3) is 7.17. The molecule has 1 unspecified atom stereocenters. The summed E-state index contributed by atoms with van der Waals surface area (Å²) in [4.78, 5) is 27.6. The number of rotatable bonds is 7. The number of amides is 2. The lowest BCUT2D eigenvalue weighted by Gasteiger charge is -2.33. The van der Waals surface area contributed by atoms with Crippen molar-refractivity contribution in [2.45, 2.75) is 58.7 Å². The van der Waals surface area contributed by atoms with Crippen molar-refractivity contribution in [1.29, 1.82) is 0 Å². The minimum Gasteiger partial charge on any atom is -0.350 e. The van der Waals surface area contributed by atoms with Gasteiger partial charge in [0.25, 0.3) is 0 Å². The molecule has 0 radical (unpaired) electrons. The first-order chi connectivity index (χ1) is 13.6. The Morgan fingerprint density at radius 3 is 2.10 bits per heavy atom. The summed E-state index contributed by atoms with van der Waals surface area (Å²) in [6.45, 7) is 7.80. The number of nitrogens with zero attached hydrogens (tertiary/aromatic N) is 1. The Kier molecular flexibility index (Phi) is 7.80. The van der Waals surface area contributed by atoms with Crippen LogP contribution in [0.1, 0.15) is 45.2 Å². The fraction of sp³-hybridized carbons (Fsp3) is 0.391. The first-order valence-corrected chi connectivity index (χ1v) is 10.1. The summed E-state index contributed by atoms with van der Waals surface area (Å²) in [6, 6.07) is 12.4. The second-order valence-electron chi connectivity index (χ2n) is 8.11. The van der Waals surface area contributed by atoms with E-state index in [1.807, 2.05) is 27.7 Å². The standard InChI is InChI=1S/C23H28ClFN2O2/c1-5-20(22(29)26-23(2,3)4)27(15-17-8-12-19(25)13-9-17)21(28)14-16-6-10-18(24)11-7-16/h6-13,20H,5,14-15H2,1-4H3,(H,26,29). The summed E-state index contributed by atoms with van der Waals surface area (Å²) in [7, 11) is 0. The predicted octanol–water partition coefficient (Wildman–Crippen LogP) is 4.74. The number of benzene rings is 2.